The monoisotopic (exact) mass is 279 g/mol. The molecule has 0 aliphatic rings. The van der Waals surface area contributed by atoms with Crippen molar-refractivity contribution in [3.63, 3.8) is 0 Å². The van der Waals surface area contributed by atoms with Gasteiger partial charge in [-0.25, -0.2) is 0 Å². The minimum Gasteiger partial charge on any atom is -0.491 e. The molecule has 1 aromatic carbocycles. The lowest BCUT2D eigenvalue weighted by Crippen LogP contribution is -2.42. The van der Waals surface area contributed by atoms with Crippen LogP contribution in [0.25, 0.3) is 0 Å². The third-order valence-corrected chi connectivity index (χ3v) is 2.99. The third kappa shape index (κ3) is 5.93. The average molecular weight is 279 g/mol. The van der Waals surface area contributed by atoms with E-state index < -0.39 is 6.10 Å². The van der Waals surface area contributed by atoms with E-state index in [0.717, 1.165) is 11.3 Å². The van der Waals surface area contributed by atoms with Gasteiger partial charge in [0.1, 0.15) is 18.5 Å². The Labute approximate surface area is 123 Å². The summed E-state index contributed by atoms with van der Waals surface area (Å²) in [6.07, 6.45) is -0.512. The van der Waals surface area contributed by atoms with Crippen LogP contribution in [0.5, 0.6) is 5.75 Å². The van der Waals surface area contributed by atoms with Crippen LogP contribution >= 0.6 is 0 Å². The maximum absolute atomic E-state index is 9.98. The molecule has 0 aliphatic heterocycles. The van der Waals surface area contributed by atoms with Crippen molar-refractivity contribution >= 4 is 0 Å². The first-order valence-electron chi connectivity index (χ1n) is 7.25. The minimum absolute atomic E-state index is 0.00426. The van der Waals surface area contributed by atoms with Crippen molar-refractivity contribution in [3.8, 4) is 5.75 Å². The summed E-state index contributed by atoms with van der Waals surface area (Å²) in [5.41, 5.74) is 1.20. The fourth-order valence-electron chi connectivity index (χ4n) is 1.88. The molecule has 3 nitrogen and oxygen atoms in total. The van der Waals surface area contributed by atoms with Gasteiger partial charge < -0.3 is 15.2 Å². The molecule has 3 heteroatoms. The van der Waals surface area contributed by atoms with Gasteiger partial charge in [0.25, 0.3) is 0 Å². The van der Waals surface area contributed by atoms with E-state index in [1.165, 1.54) is 0 Å². The first kappa shape index (κ1) is 17.0. The van der Waals surface area contributed by atoms with E-state index in [4.69, 9.17) is 4.74 Å². The number of para-hydroxylation sites is 1. The topological polar surface area (TPSA) is 41.5 Å². The van der Waals surface area contributed by atoms with Crippen molar-refractivity contribution in [1.29, 1.82) is 0 Å². The maximum Gasteiger partial charge on any atom is 0.123 e. The summed E-state index contributed by atoms with van der Waals surface area (Å²) in [6.45, 7) is 13.5. The number of β-amino-alcohol motifs (C(OH)–C–C–N with tert-alkyl or cyclic N) is 1. The van der Waals surface area contributed by atoms with E-state index in [9.17, 15) is 5.11 Å². The van der Waals surface area contributed by atoms with Gasteiger partial charge in [-0.3, -0.25) is 0 Å². The second-order valence-corrected chi connectivity index (χ2v) is 7.34. The van der Waals surface area contributed by atoms with Crippen molar-refractivity contribution in [2.45, 2.75) is 58.6 Å². The second kappa shape index (κ2) is 6.59. The number of benzene rings is 1. The van der Waals surface area contributed by atoms with Crippen LogP contribution in [-0.2, 0) is 5.41 Å². The zero-order chi connectivity index (χ0) is 15.4. The molecule has 0 unspecified atom stereocenters. The van der Waals surface area contributed by atoms with Gasteiger partial charge in [-0.15, -0.1) is 0 Å². The SMILES string of the molecule is CC(C)(C)NC[C@H](O)COc1ccccc1C(C)(C)C. The molecule has 1 atom stereocenters. The molecule has 0 aromatic heterocycles. The fourth-order valence-corrected chi connectivity index (χ4v) is 1.88. The van der Waals surface area contributed by atoms with E-state index in [2.05, 4.69) is 52.9 Å². The first-order chi connectivity index (χ1) is 9.09. The highest BCUT2D eigenvalue weighted by molar-refractivity contribution is 5.38. The number of nitrogens with one attached hydrogen (secondary N) is 1. The fraction of sp³-hybridized carbons (Fsp3) is 0.647. The normalized spacial score (nSPS) is 14.2. The van der Waals surface area contributed by atoms with Crippen LogP contribution in [-0.4, -0.2) is 29.9 Å². The Morgan fingerprint density at radius 1 is 1.10 bits per heavy atom. The predicted octanol–water partition coefficient (Wildman–Crippen LogP) is 3.11. The molecule has 0 aliphatic carbocycles. The summed E-state index contributed by atoms with van der Waals surface area (Å²) < 4.78 is 5.80. The van der Waals surface area contributed by atoms with Crippen LogP contribution < -0.4 is 10.1 Å². The molecule has 20 heavy (non-hydrogen) atoms. The Morgan fingerprint density at radius 3 is 2.25 bits per heavy atom. The van der Waals surface area contributed by atoms with Gasteiger partial charge >= 0.3 is 0 Å². The lowest BCUT2D eigenvalue weighted by molar-refractivity contribution is 0.0990. The number of ether oxygens (including phenoxy) is 1. The lowest BCUT2D eigenvalue weighted by atomic mass is 9.86. The average Bonchev–Trinajstić information content (AvgIpc) is 2.32. The van der Waals surface area contributed by atoms with Gasteiger partial charge in [0.05, 0.1) is 0 Å². The third-order valence-electron chi connectivity index (χ3n) is 2.99. The van der Waals surface area contributed by atoms with Gasteiger partial charge in [0, 0.05) is 12.1 Å². The lowest BCUT2D eigenvalue weighted by Gasteiger charge is -2.25. The van der Waals surface area contributed by atoms with E-state index >= 15 is 0 Å². The van der Waals surface area contributed by atoms with Crippen LogP contribution in [0.2, 0.25) is 0 Å². The minimum atomic E-state index is -0.512. The number of hydrogen-bond donors (Lipinski definition) is 2. The maximum atomic E-state index is 9.98. The molecule has 1 rings (SSSR count). The Morgan fingerprint density at radius 2 is 1.70 bits per heavy atom. The smallest absolute Gasteiger partial charge is 0.123 e. The molecule has 0 amide bonds. The molecule has 114 valence electrons. The Kier molecular flexibility index (Phi) is 5.60. The molecule has 0 bridgehead atoms. The molecule has 0 radical (unpaired) electrons. The standard InChI is InChI=1S/C17H29NO2/c1-16(2,3)14-9-7-8-10-15(14)20-12-13(19)11-18-17(4,5)6/h7-10,13,18-19H,11-12H2,1-6H3/t13-/m0/s1. The van der Waals surface area contributed by atoms with Crippen molar-refractivity contribution in [1.82, 2.24) is 5.32 Å². The van der Waals surface area contributed by atoms with E-state index in [-0.39, 0.29) is 11.0 Å². The number of aliphatic hydroxyl groups excluding tert-OH is 1. The highest BCUT2D eigenvalue weighted by Crippen LogP contribution is 2.30. The van der Waals surface area contributed by atoms with Gasteiger partial charge in [-0.05, 0) is 37.8 Å². The molecule has 0 heterocycles. The second-order valence-electron chi connectivity index (χ2n) is 7.34. The highest BCUT2D eigenvalue weighted by Gasteiger charge is 2.19. The van der Waals surface area contributed by atoms with E-state index in [1.54, 1.807) is 0 Å². The van der Waals surface area contributed by atoms with Crippen LogP contribution in [0.1, 0.15) is 47.1 Å². The molecule has 0 fully saturated rings. The van der Waals surface area contributed by atoms with Crippen LogP contribution in [0, 0.1) is 0 Å². The predicted molar refractivity (Wildman–Crippen MR) is 84.4 cm³/mol. The number of aliphatic hydroxyl groups is 1. The van der Waals surface area contributed by atoms with Crippen molar-refractivity contribution < 1.29 is 9.84 Å². The molecule has 2 N–H and O–H groups in total. The van der Waals surface area contributed by atoms with Gasteiger partial charge in [0.15, 0.2) is 0 Å². The van der Waals surface area contributed by atoms with E-state index in [1.807, 2.05) is 18.2 Å². The van der Waals surface area contributed by atoms with Crippen molar-refractivity contribution in [2.75, 3.05) is 13.2 Å². The zero-order valence-corrected chi connectivity index (χ0v) is 13.7. The number of rotatable bonds is 5. The highest BCUT2D eigenvalue weighted by atomic mass is 16.5. The summed E-state index contributed by atoms with van der Waals surface area (Å²) in [4.78, 5) is 0. The number of hydrogen-bond acceptors (Lipinski definition) is 3. The molecular weight excluding hydrogens is 250 g/mol. The van der Waals surface area contributed by atoms with Crippen molar-refractivity contribution in [2.24, 2.45) is 0 Å². The Bertz CT molecular complexity index is 416. The molecule has 0 saturated heterocycles. The van der Waals surface area contributed by atoms with Gasteiger partial charge in [0.2, 0.25) is 0 Å². The van der Waals surface area contributed by atoms with Crippen LogP contribution in [0.4, 0.5) is 0 Å². The summed E-state index contributed by atoms with van der Waals surface area (Å²) in [5.74, 6) is 0.856. The molecule has 0 saturated carbocycles. The van der Waals surface area contributed by atoms with Gasteiger partial charge in [-0.1, -0.05) is 39.0 Å². The largest absolute Gasteiger partial charge is 0.491 e. The van der Waals surface area contributed by atoms with Gasteiger partial charge in [-0.2, -0.15) is 0 Å². The van der Waals surface area contributed by atoms with Crippen LogP contribution in [0.15, 0.2) is 24.3 Å². The Balaban J connectivity index is 2.58. The summed E-state index contributed by atoms with van der Waals surface area (Å²) in [6, 6.07) is 8.02. The van der Waals surface area contributed by atoms with Crippen molar-refractivity contribution in [3.05, 3.63) is 29.8 Å². The molecular formula is C17H29NO2. The van der Waals surface area contributed by atoms with Crippen LogP contribution in [0.3, 0.4) is 0 Å². The summed E-state index contributed by atoms with van der Waals surface area (Å²) in [7, 11) is 0. The van der Waals surface area contributed by atoms with E-state index in [0.29, 0.717) is 13.2 Å². The summed E-state index contributed by atoms with van der Waals surface area (Å²) in [5, 5.41) is 13.3. The molecule has 0 spiro atoms. The summed E-state index contributed by atoms with van der Waals surface area (Å²) >= 11 is 0. The first-order valence-corrected chi connectivity index (χ1v) is 7.25. The quantitative estimate of drug-likeness (QED) is 0.870. The Hall–Kier alpha value is -1.06. The molecule has 1 aromatic rings. The zero-order valence-electron chi connectivity index (χ0n) is 13.7.